The summed E-state index contributed by atoms with van der Waals surface area (Å²) in [4.78, 5) is 13.6. The molecule has 1 unspecified atom stereocenters. The Balaban J connectivity index is 2.15. The number of hydrogen-bond donors (Lipinski definition) is 1. The van der Waals surface area contributed by atoms with Crippen molar-refractivity contribution in [2.75, 3.05) is 20.1 Å². The molecule has 0 aromatic rings. The highest BCUT2D eigenvalue weighted by molar-refractivity contribution is 5.80. The van der Waals surface area contributed by atoms with Gasteiger partial charge >= 0.3 is 0 Å². The van der Waals surface area contributed by atoms with Crippen molar-refractivity contribution in [3.8, 4) is 6.07 Å². The molecule has 1 aliphatic rings. The molecule has 1 saturated carbocycles. The maximum Gasteiger partial charge on any atom is 0.237 e. The summed E-state index contributed by atoms with van der Waals surface area (Å²) in [5.41, 5.74) is 0. The monoisotopic (exact) mass is 223 g/mol. The Labute approximate surface area is 97.6 Å². The van der Waals surface area contributed by atoms with Gasteiger partial charge in [0, 0.05) is 19.1 Å². The molecule has 4 heteroatoms. The first-order valence-corrected chi connectivity index (χ1v) is 6.02. The molecule has 4 nitrogen and oxygen atoms in total. The average molecular weight is 223 g/mol. The molecule has 0 bridgehead atoms. The topological polar surface area (TPSA) is 56.1 Å². The Morgan fingerprint density at radius 3 is 2.75 bits per heavy atom. The molecule has 1 fully saturated rings. The SMILES string of the molecule is CC(C#N)C(=O)NCCN(C)C1CCCC1. The van der Waals surface area contributed by atoms with Crippen LogP contribution in [-0.2, 0) is 4.79 Å². The Morgan fingerprint density at radius 2 is 2.19 bits per heavy atom. The van der Waals surface area contributed by atoms with Gasteiger partial charge in [0.05, 0.1) is 6.07 Å². The summed E-state index contributed by atoms with van der Waals surface area (Å²) in [5, 5.41) is 11.3. The molecule has 0 saturated heterocycles. The lowest BCUT2D eigenvalue weighted by atomic mass is 10.2. The highest BCUT2D eigenvalue weighted by Crippen LogP contribution is 2.21. The Hall–Kier alpha value is -1.08. The lowest BCUT2D eigenvalue weighted by molar-refractivity contribution is -0.123. The average Bonchev–Trinajstić information content (AvgIpc) is 2.81. The van der Waals surface area contributed by atoms with Gasteiger partial charge in [-0.15, -0.1) is 0 Å². The first kappa shape index (κ1) is 13.0. The zero-order valence-electron chi connectivity index (χ0n) is 10.2. The molecule has 1 amide bonds. The molecule has 1 atom stereocenters. The van der Waals surface area contributed by atoms with Crippen LogP contribution in [-0.4, -0.2) is 37.0 Å². The summed E-state index contributed by atoms with van der Waals surface area (Å²) in [6.07, 6.45) is 5.21. The number of carbonyl (C=O) groups excluding carboxylic acids is 1. The lowest BCUT2D eigenvalue weighted by Crippen LogP contribution is -2.38. The van der Waals surface area contributed by atoms with Crippen molar-refractivity contribution in [2.24, 2.45) is 5.92 Å². The van der Waals surface area contributed by atoms with Crippen LogP contribution in [0.3, 0.4) is 0 Å². The smallest absolute Gasteiger partial charge is 0.237 e. The van der Waals surface area contributed by atoms with E-state index in [1.807, 2.05) is 6.07 Å². The zero-order valence-corrected chi connectivity index (χ0v) is 10.2. The minimum atomic E-state index is -0.545. The standard InChI is InChI=1S/C12H21N3O/c1-10(9-13)12(16)14-7-8-15(2)11-5-3-4-6-11/h10-11H,3-8H2,1-2H3,(H,14,16). The van der Waals surface area contributed by atoms with E-state index in [4.69, 9.17) is 5.26 Å². The van der Waals surface area contributed by atoms with Gasteiger partial charge in [0.25, 0.3) is 0 Å². The van der Waals surface area contributed by atoms with Crippen LogP contribution >= 0.6 is 0 Å². The first-order chi connectivity index (χ1) is 7.65. The quantitative estimate of drug-likeness (QED) is 0.760. The second-order valence-electron chi connectivity index (χ2n) is 4.56. The number of carbonyl (C=O) groups is 1. The summed E-state index contributed by atoms with van der Waals surface area (Å²) >= 11 is 0. The molecule has 0 aromatic carbocycles. The van der Waals surface area contributed by atoms with Crippen molar-refractivity contribution in [3.05, 3.63) is 0 Å². The molecule has 0 heterocycles. The number of nitrogens with zero attached hydrogens (tertiary/aromatic N) is 2. The molecule has 90 valence electrons. The predicted octanol–water partition coefficient (Wildman–Crippen LogP) is 1.14. The van der Waals surface area contributed by atoms with Crippen LogP contribution in [0.2, 0.25) is 0 Å². The fraction of sp³-hybridized carbons (Fsp3) is 0.833. The van der Waals surface area contributed by atoms with Gasteiger partial charge in [-0.2, -0.15) is 5.26 Å². The summed E-state index contributed by atoms with van der Waals surface area (Å²) in [6.45, 7) is 3.13. The van der Waals surface area contributed by atoms with Crippen molar-refractivity contribution in [1.29, 1.82) is 5.26 Å². The molecule has 1 rings (SSSR count). The maximum atomic E-state index is 11.3. The third-order valence-electron chi connectivity index (χ3n) is 3.30. The largest absolute Gasteiger partial charge is 0.354 e. The molecule has 0 aliphatic heterocycles. The van der Waals surface area contributed by atoms with Gasteiger partial charge in [-0.25, -0.2) is 0 Å². The van der Waals surface area contributed by atoms with E-state index in [-0.39, 0.29) is 5.91 Å². The van der Waals surface area contributed by atoms with Crippen molar-refractivity contribution in [3.63, 3.8) is 0 Å². The Bertz CT molecular complexity index is 266. The Kier molecular flexibility index (Phi) is 5.27. The summed E-state index contributed by atoms with van der Waals surface area (Å²) in [6, 6.07) is 2.62. The number of amides is 1. The fourth-order valence-electron chi connectivity index (χ4n) is 2.09. The molecule has 0 aromatic heterocycles. The van der Waals surface area contributed by atoms with E-state index in [1.54, 1.807) is 6.92 Å². The highest BCUT2D eigenvalue weighted by atomic mass is 16.1. The van der Waals surface area contributed by atoms with E-state index < -0.39 is 5.92 Å². The van der Waals surface area contributed by atoms with Crippen LogP contribution < -0.4 is 5.32 Å². The van der Waals surface area contributed by atoms with E-state index >= 15 is 0 Å². The molecule has 0 spiro atoms. The van der Waals surface area contributed by atoms with E-state index in [0.717, 1.165) is 6.54 Å². The molecule has 16 heavy (non-hydrogen) atoms. The zero-order chi connectivity index (χ0) is 12.0. The summed E-state index contributed by atoms with van der Waals surface area (Å²) in [7, 11) is 2.11. The van der Waals surface area contributed by atoms with Gasteiger partial charge in [-0.3, -0.25) is 4.79 Å². The number of rotatable bonds is 5. The van der Waals surface area contributed by atoms with Crippen LogP contribution in [0.15, 0.2) is 0 Å². The summed E-state index contributed by atoms with van der Waals surface area (Å²) in [5.74, 6) is -0.709. The number of hydrogen-bond acceptors (Lipinski definition) is 3. The molecular weight excluding hydrogens is 202 g/mol. The van der Waals surface area contributed by atoms with Gasteiger partial charge < -0.3 is 10.2 Å². The van der Waals surface area contributed by atoms with Crippen LogP contribution in [0.5, 0.6) is 0 Å². The Morgan fingerprint density at radius 1 is 1.56 bits per heavy atom. The van der Waals surface area contributed by atoms with Crippen molar-refractivity contribution >= 4 is 5.91 Å². The van der Waals surface area contributed by atoms with E-state index in [0.29, 0.717) is 12.6 Å². The van der Waals surface area contributed by atoms with E-state index in [2.05, 4.69) is 17.3 Å². The highest BCUT2D eigenvalue weighted by Gasteiger charge is 2.19. The van der Waals surface area contributed by atoms with E-state index in [9.17, 15) is 4.79 Å². The third kappa shape index (κ3) is 3.82. The minimum absolute atomic E-state index is 0.165. The van der Waals surface area contributed by atoms with Gasteiger partial charge in [0.15, 0.2) is 0 Å². The van der Waals surface area contributed by atoms with Crippen LogP contribution in [0.25, 0.3) is 0 Å². The van der Waals surface area contributed by atoms with Gasteiger partial charge in [0.1, 0.15) is 5.92 Å². The number of nitriles is 1. The van der Waals surface area contributed by atoms with Gasteiger partial charge in [-0.05, 0) is 26.8 Å². The minimum Gasteiger partial charge on any atom is -0.354 e. The second-order valence-corrected chi connectivity index (χ2v) is 4.56. The third-order valence-corrected chi connectivity index (χ3v) is 3.30. The molecule has 0 radical (unpaired) electrons. The normalized spacial score (nSPS) is 18.4. The van der Waals surface area contributed by atoms with Crippen LogP contribution in [0.1, 0.15) is 32.6 Å². The van der Waals surface area contributed by atoms with Crippen LogP contribution in [0, 0.1) is 17.2 Å². The lowest BCUT2D eigenvalue weighted by Gasteiger charge is -2.23. The molecular formula is C12H21N3O. The van der Waals surface area contributed by atoms with Crippen molar-refractivity contribution < 1.29 is 4.79 Å². The van der Waals surface area contributed by atoms with Gasteiger partial charge in [0.2, 0.25) is 5.91 Å². The first-order valence-electron chi connectivity index (χ1n) is 6.02. The number of likely N-dealkylation sites (N-methyl/N-ethyl adjacent to an activating group) is 1. The van der Waals surface area contributed by atoms with Crippen molar-refractivity contribution in [1.82, 2.24) is 10.2 Å². The van der Waals surface area contributed by atoms with Crippen molar-refractivity contribution in [2.45, 2.75) is 38.6 Å². The van der Waals surface area contributed by atoms with Crippen LogP contribution in [0.4, 0.5) is 0 Å². The predicted molar refractivity (Wildman–Crippen MR) is 62.7 cm³/mol. The van der Waals surface area contributed by atoms with E-state index in [1.165, 1.54) is 25.7 Å². The molecule has 1 aliphatic carbocycles. The van der Waals surface area contributed by atoms with Gasteiger partial charge in [-0.1, -0.05) is 12.8 Å². The second kappa shape index (κ2) is 6.49. The summed E-state index contributed by atoms with van der Waals surface area (Å²) < 4.78 is 0. The molecule has 1 N–H and O–H groups in total. The maximum absolute atomic E-state index is 11.3. The number of nitrogens with one attached hydrogen (secondary N) is 1. The fourth-order valence-corrected chi connectivity index (χ4v) is 2.09.